The van der Waals surface area contributed by atoms with E-state index in [0.717, 1.165) is 37.8 Å². The predicted octanol–water partition coefficient (Wildman–Crippen LogP) is 3.70. The number of esters is 1. The van der Waals surface area contributed by atoms with E-state index in [1.54, 1.807) is 0 Å². The fourth-order valence-electron chi connectivity index (χ4n) is 3.15. The summed E-state index contributed by atoms with van der Waals surface area (Å²) in [5.74, 6) is 2.99. The van der Waals surface area contributed by atoms with E-state index >= 15 is 0 Å². The number of hydrogen-bond donors (Lipinski definition) is 1. The van der Waals surface area contributed by atoms with Crippen LogP contribution in [0.1, 0.15) is 57.1 Å². The van der Waals surface area contributed by atoms with Gasteiger partial charge in [-0.1, -0.05) is 31.9 Å². The van der Waals surface area contributed by atoms with Crippen LogP contribution in [0.25, 0.3) is 0 Å². The minimum Gasteiger partial charge on any atom is -0.461 e. The zero-order valence-corrected chi connectivity index (χ0v) is 14.9. The summed E-state index contributed by atoms with van der Waals surface area (Å²) in [6.45, 7) is 5.03. The molecule has 1 N–H and O–H groups in total. The van der Waals surface area contributed by atoms with Crippen molar-refractivity contribution in [1.29, 1.82) is 0 Å². The molecule has 1 saturated carbocycles. The van der Waals surface area contributed by atoms with Crippen LogP contribution in [0.5, 0.6) is 0 Å². The third-order valence-electron chi connectivity index (χ3n) is 4.50. The number of ether oxygens (including phenoxy) is 1. The van der Waals surface area contributed by atoms with Gasteiger partial charge >= 0.3 is 5.97 Å². The number of hydrogen-bond acceptors (Lipinski definition) is 3. The van der Waals surface area contributed by atoms with Gasteiger partial charge in [-0.15, -0.1) is 6.42 Å². The van der Waals surface area contributed by atoms with Crippen LogP contribution in [-0.4, -0.2) is 24.7 Å². The average Bonchev–Trinajstić information content (AvgIpc) is 3.07. The summed E-state index contributed by atoms with van der Waals surface area (Å²) in [5, 5.41) is 3.39. The van der Waals surface area contributed by atoms with Gasteiger partial charge in [0.05, 0.1) is 0 Å². The Bertz CT molecular complexity index is 550. The van der Waals surface area contributed by atoms with Crippen LogP contribution in [0.2, 0.25) is 0 Å². The van der Waals surface area contributed by atoms with Gasteiger partial charge in [0.1, 0.15) is 12.1 Å². The zero-order chi connectivity index (χ0) is 17.4. The summed E-state index contributed by atoms with van der Waals surface area (Å²) in [6, 6.07) is 7.79. The molecule has 0 amide bonds. The fraction of sp³-hybridized carbons (Fsp3) is 0.571. The molecule has 3 heteroatoms. The lowest BCUT2D eigenvalue weighted by atomic mass is 10.0. The van der Waals surface area contributed by atoms with Crippen LogP contribution < -0.4 is 5.32 Å². The Morgan fingerprint density at radius 3 is 2.54 bits per heavy atom. The van der Waals surface area contributed by atoms with E-state index in [1.807, 2.05) is 24.3 Å². The maximum atomic E-state index is 12.5. The minimum absolute atomic E-state index is 0.0849. The number of terminal acetylenes is 1. The highest BCUT2D eigenvalue weighted by Crippen LogP contribution is 2.22. The molecule has 1 atom stereocenters. The van der Waals surface area contributed by atoms with Crippen molar-refractivity contribution < 1.29 is 9.53 Å². The van der Waals surface area contributed by atoms with Gasteiger partial charge < -0.3 is 10.1 Å². The van der Waals surface area contributed by atoms with Gasteiger partial charge in [-0.05, 0) is 68.7 Å². The Hall–Kier alpha value is -1.79. The summed E-state index contributed by atoms with van der Waals surface area (Å²) in [4.78, 5) is 12.5. The highest BCUT2D eigenvalue weighted by Gasteiger charge is 2.25. The SMILES string of the molecule is C#Cc1ccc(CCN[C@H](CC(C)C)C(=O)OC2CCCC2)cc1. The molecular weight excluding hydrogens is 298 g/mol. The second-order valence-electron chi connectivity index (χ2n) is 7.07. The molecular formula is C21H29NO2. The number of benzene rings is 1. The van der Waals surface area contributed by atoms with Crippen molar-refractivity contribution in [2.45, 2.75) is 64.5 Å². The topological polar surface area (TPSA) is 38.3 Å². The lowest BCUT2D eigenvalue weighted by Crippen LogP contribution is -2.41. The van der Waals surface area contributed by atoms with Gasteiger partial charge in [-0.3, -0.25) is 4.79 Å². The van der Waals surface area contributed by atoms with Crippen LogP contribution in [0.3, 0.4) is 0 Å². The van der Waals surface area contributed by atoms with E-state index in [-0.39, 0.29) is 18.1 Å². The average molecular weight is 327 g/mol. The summed E-state index contributed by atoms with van der Waals surface area (Å²) in [7, 11) is 0. The molecule has 1 aliphatic rings. The van der Waals surface area contributed by atoms with Crippen LogP contribution in [0.15, 0.2) is 24.3 Å². The Balaban J connectivity index is 1.83. The van der Waals surface area contributed by atoms with E-state index in [4.69, 9.17) is 11.2 Å². The first-order chi connectivity index (χ1) is 11.6. The number of carbonyl (C=O) groups excluding carboxylic acids is 1. The molecule has 130 valence electrons. The maximum Gasteiger partial charge on any atom is 0.323 e. The summed E-state index contributed by atoms with van der Waals surface area (Å²) >= 11 is 0. The van der Waals surface area contributed by atoms with Crippen molar-refractivity contribution in [1.82, 2.24) is 5.32 Å². The highest BCUT2D eigenvalue weighted by atomic mass is 16.5. The predicted molar refractivity (Wildman–Crippen MR) is 97.7 cm³/mol. The third-order valence-corrected chi connectivity index (χ3v) is 4.50. The molecule has 1 fully saturated rings. The van der Waals surface area contributed by atoms with Crippen LogP contribution >= 0.6 is 0 Å². The molecule has 0 aromatic heterocycles. The molecule has 0 bridgehead atoms. The Morgan fingerprint density at radius 2 is 1.96 bits per heavy atom. The van der Waals surface area contributed by atoms with E-state index in [0.29, 0.717) is 5.92 Å². The maximum absolute atomic E-state index is 12.5. The normalized spacial score (nSPS) is 16.1. The van der Waals surface area contributed by atoms with E-state index < -0.39 is 0 Å². The van der Waals surface area contributed by atoms with E-state index in [1.165, 1.54) is 18.4 Å². The van der Waals surface area contributed by atoms with Crippen molar-refractivity contribution in [2.24, 2.45) is 5.92 Å². The zero-order valence-electron chi connectivity index (χ0n) is 14.9. The molecule has 3 nitrogen and oxygen atoms in total. The molecule has 24 heavy (non-hydrogen) atoms. The standard InChI is InChI=1S/C21H29NO2/c1-4-17-9-11-18(12-10-17)13-14-22-20(15-16(2)3)21(23)24-19-7-5-6-8-19/h1,9-12,16,19-20,22H,5-8,13-15H2,2-3H3/t20-/m1/s1. The van der Waals surface area contributed by atoms with Crippen molar-refractivity contribution in [3.8, 4) is 12.3 Å². The molecule has 0 spiro atoms. The van der Waals surface area contributed by atoms with Gasteiger partial charge in [0.15, 0.2) is 0 Å². The van der Waals surface area contributed by atoms with Gasteiger partial charge in [0.25, 0.3) is 0 Å². The third kappa shape index (κ3) is 6.02. The van der Waals surface area contributed by atoms with Crippen molar-refractivity contribution in [3.05, 3.63) is 35.4 Å². The highest BCUT2D eigenvalue weighted by molar-refractivity contribution is 5.76. The molecule has 2 rings (SSSR count). The van der Waals surface area contributed by atoms with Crippen LogP contribution in [0.4, 0.5) is 0 Å². The monoisotopic (exact) mass is 327 g/mol. The molecule has 0 unspecified atom stereocenters. The quantitative estimate of drug-likeness (QED) is 0.584. The van der Waals surface area contributed by atoms with Crippen LogP contribution in [0, 0.1) is 18.3 Å². The second kappa shape index (κ2) is 9.49. The minimum atomic E-state index is -0.212. The lowest BCUT2D eigenvalue weighted by molar-refractivity contribution is -0.151. The van der Waals surface area contributed by atoms with Gasteiger partial charge in [-0.25, -0.2) is 0 Å². The van der Waals surface area contributed by atoms with E-state index in [9.17, 15) is 4.79 Å². The molecule has 1 aliphatic carbocycles. The summed E-state index contributed by atoms with van der Waals surface area (Å²) in [6.07, 6.45) is 11.6. The Labute approximate surface area is 146 Å². The largest absolute Gasteiger partial charge is 0.461 e. The molecule has 0 heterocycles. The Kier molecular flexibility index (Phi) is 7.34. The van der Waals surface area contributed by atoms with Crippen molar-refractivity contribution in [3.63, 3.8) is 0 Å². The first-order valence-electron chi connectivity index (χ1n) is 9.08. The first-order valence-corrected chi connectivity index (χ1v) is 9.08. The van der Waals surface area contributed by atoms with Gasteiger partial charge in [0, 0.05) is 5.56 Å². The Morgan fingerprint density at radius 1 is 1.29 bits per heavy atom. The smallest absolute Gasteiger partial charge is 0.323 e. The summed E-state index contributed by atoms with van der Waals surface area (Å²) in [5.41, 5.74) is 2.11. The number of rotatable bonds is 8. The van der Waals surface area contributed by atoms with E-state index in [2.05, 4.69) is 25.1 Å². The van der Waals surface area contributed by atoms with Gasteiger partial charge in [0.2, 0.25) is 0 Å². The molecule has 0 aliphatic heterocycles. The van der Waals surface area contributed by atoms with Crippen molar-refractivity contribution in [2.75, 3.05) is 6.54 Å². The number of nitrogens with one attached hydrogen (secondary N) is 1. The molecule has 1 aromatic carbocycles. The number of carbonyl (C=O) groups is 1. The first kappa shape index (κ1) is 18.5. The molecule has 0 saturated heterocycles. The molecule has 0 radical (unpaired) electrons. The fourth-order valence-corrected chi connectivity index (χ4v) is 3.15. The molecule has 1 aromatic rings. The van der Waals surface area contributed by atoms with Crippen molar-refractivity contribution >= 4 is 5.97 Å². The second-order valence-corrected chi connectivity index (χ2v) is 7.07. The summed E-state index contributed by atoms with van der Waals surface area (Å²) < 4.78 is 5.68. The van der Waals surface area contributed by atoms with Crippen LogP contribution in [-0.2, 0) is 16.0 Å². The van der Waals surface area contributed by atoms with Gasteiger partial charge in [-0.2, -0.15) is 0 Å². The lowest BCUT2D eigenvalue weighted by Gasteiger charge is -2.21.